The molecule has 19 heavy (non-hydrogen) atoms. The number of hydrogen-bond acceptors (Lipinski definition) is 4. The molecule has 2 rings (SSSR count). The number of nitrogens with zero attached hydrogens (tertiary/aromatic N) is 1. The van der Waals surface area contributed by atoms with E-state index in [1.165, 1.54) is 0 Å². The average molecular weight is 259 g/mol. The first kappa shape index (κ1) is 13.5. The van der Waals surface area contributed by atoms with Gasteiger partial charge in [-0.05, 0) is 25.5 Å². The molecule has 0 atom stereocenters. The molecule has 5 heteroatoms. The van der Waals surface area contributed by atoms with Gasteiger partial charge < -0.3 is 15.4 Å². The number of ether oxygens (including phenoxy) is 1. The zero-order valence-electron chi connectivity index (χ0n) is 11.1. The van der Waals surface area contributed by atoms with Crippen LogP contribution in [-0.2, 0) is 9.53 Å². The fourth-order valence-corrected chi connectivity index (χ4v) is 1.93. The highest BCUT2D eigenvalue weighted by molar-refractivity contribution is 5.93. The Morgan fingerprint density at radius 2 is 2.32 bits per heavy atom. The highest BCUT2D eigenvalue weighted by Gasteiger charge is 2.33. The third kappa shape index (κ3) is 3.11. The van der Waals surface area contributed by atoms with E-state index >= 15 is 0 Å². The minimum absolute atomic E-state index is 0.00299. The lowest BCUT2D eigenvalue weighted by Crippen LogP contribution is -2.59. The predicted octanol–water partition coefficient (Wildman–Crippen LogP) is 1.18. The van der Waals surface area contributed by atoms with Gasteiger partial charge in [0.1, 0.15) is 12.7 Å². The molecule has 0 bridgehead atoms. The van der Waals surface area contributed by atoms with Crippen molar-refractivity contribution in [3.8, 4) is 6.07 Å². The first-order valence-electron chi connectivity index (χ1n) is 6.18. The molecule has 0 spiro atoms. The van der Waals surface area contributed by atoms with Crippen molar-refractivity contribution in [1.29, 1.82) is 5.26 Å². The number of carbonyl (C=O) groups is 1. The summed E-state index contributed by atoms with van der Waals surface area (Å²) in [4.78, 5) is 11.8. The summed E-state index contributed by atoms with van der Waals surface area (Å²) in [6.45, 7) is 5.31. The maximum absolute atomic E-state index is 11.8. The van der Waals surface area contributed by atoms with Gasteiger partial charge in [0.05, 0.1) is 16.9 Å². The van der Waals surface area contributed by atoms with E-state index in [-0.39, 0.29) is 18.1 Å². The smallest absolute Gasteiger partial charge is 0.250 e. The van der Waals surface area contributed by atoms with E-state index < -0.39 is 0 Å². The maximum atomic E-state index is 11.8. The molecule has 5 nitrogen and oxygen atoms in total. The lowest BCUT2D eigenvalue weighted by atomic mass is 10.0. The number of hydrogen-bond donors (Lipinski definition) is 2. The van der Waals surface area contributed by atoms with Gasteiger partial charge in [-0.3, -0.25) is 4.79 Å². The zero-order valence-corrected chi connectivity index (χ0v) is 11.1. The van der Waals surface area contributed by atoms with Crippen molar-refractivity contribution in [2.45, 2.75) is 19.4 Å². The predicted molar refractivity (Wildman–Crippen MR) is 71.8 cm³/mol. The molecule has 1 heterocycles. The Morgan fingerprint density at radius 3 is 2.89 bits per heavy atom. The van der Waals surface area contributed by atoms with E-state index in [1.807, 2.05) is 26.0 Å². The van der Waals surface area contributed by atoms with Crippen molar-refractivity contribution in [3.63, 3.8) is 0 Å². The second-order valence-corrected chi connectivity index (χ2v) is 5.00. The number of nitrogens with one attached hydrogen (secondary N) is 2. The van der Waals surface area contributed by atoms with Gasteiger partial charge in [-0.25, -0.2) is 0 Å². The number of carbonyl (C=O) groups excluding carboxylic acids is 1. The van der Waals surface area contributed by atoms with E-state index in [2.05, 4.69) is 16.7 Å². The van der Waals surface area contributed by atoms with Crippen LogP contribution in [0.1, 0.15) is 18.1 Å². The largest absolute Gasteiger partial charge is 0.363 e. The molecule has 1 saturated heterocycles. The molecule has 0 radical (unpaired) electrons. The summed E-state index contributed by atoms with van der Waals surface area (Å²) >= 11 is 0. The minimum atomic E-state index is -0.248. The first-order valence-corrected chi connectivity index (χ1v) is 6.18. The number of anilines is 1. The Balaban J connectivity index is 1.96. The number of rotatable bonds is 4. The van der Waals surface area contributed by atoms with E-state index in [9.17, 15) is 4.79 Å². The van der Waals surface area contributed by atoms with Gasteiger partial charge in [-0.2, -0.15) is 5.26 Å². The third-order valence-electron chi connectivity index (χ3n) is 3.21. The fourth-order valence-electron chi connectivity index (χ4n) is 1.93. The summed E-state index contributed by atoms with van der Waals surface area (Å²) in [7, 11) is 0. The lowest BCUT2D eigenvalue weighted by Gasteiger charge is -2.38. The van der Waals surface area contributed by atoms with Gasteiger partial charge in [-0.15, -0.1) is 0 Å². The highest BCUT2D eigenvalue weighted by Crippen LogP contribution is 2.19. The molecule has 1 fully saturated rings. The van der Waals surface area contributed by atoms with Crippen LogP contribution >= 0.6 is 0 Å². The van der Waals surface area contributed by atoms with E-state index in [0.29, 0.717) is 11.3 Å². The molecular weight excluding hydrogens is 242 g/mol. The second kappa shape index (κ2) is 5.39. The zero-order chi connectivity index (χ0) is 13.9. The molecule has 2 N–H and O–H groups in total. The number of nitriles is 1. The van der Waals surface area contributed by atoms with Crippen LogP contribution in [0.2, 0.25) is 0 Å². The van der Waals surface area contributed by atoms with Crippen LogP contribution in [0.25, 0.3) is 0 Å². The second-order valence-electron chi connectivity index (χ2n) is 5.00. The van der Waals surface area contributed by atoms with Crippen molar-refractivity contribution in [2.75, 3.05) is 25.0 Å². The van der Waals surface area contributed by atoms with Crippen LogP contribution in [0, 0.1) is 18.3 Å². The van der Waals surface area contributed by atoms with Gasteiger partial charge in [0, 0.05) is 13.1 Å². The quantitative estimate of drug-likeness (QED) is 0.851. The van der Waals surface area contributed by atoms with Crippen molar-refractivity contribution in [3.05, 3.63) is 29.3 Å². The standard InChI is InChI=1S/C14H17N3O2/c1-10-4-3-5-12(11(10)6-15)17-13(18)7-19-14(2)8-16-9-14/h3-5,16H,7-9H2,1-2H3,(H,17,18). The van der Waals surface area contributed by atoms with Gasteiger partial charge in [0.15, 0.2) is 0 Å². The molecule has 1 aromatic rings. The molecule has 0 saturated carbocycles. The van der Waals surface area contributed by atoms with E-state index in [4.69, 9.17) is 10.00 Å². The summed E-state index contributed by atoms with van der Waals surface area (Å²) in [5.74, 6) is -0.241. The minimum Gasteiger partial charge on any atom is -0.363 e. The lowest BCUT2D eigenvalue weighted by molar-refractivity contribution is -0.130. The maximum Gasteiger partial charge on any atom is 0.250 e. The van der Waals surface area contributed by atoms with Gasteiger partial charge >= 0.3 is 0 Å². The molecular formula is C14H17N3O2. The normalized spacial score (nSPS) is 16.3. The Hall–Kier alpha value is -1.90. The Morgan fingerprint density at radius 1 is 1.58 bits per heavy atom. The SMILES string of the molecule is Cc1cccc(NC(=O)COC2(C)CNC2)c1C#N. The highest BCUT2D eigenvalue weighted by atomic mass is 16.5. The van der Waals surface area contributed by atoms with Gasteiger partial charge in [0.25, 0.3) is 0 Å². The van der Waals surface area contributed by atoms with Crippen molar-refractivity contribution >= 4 is 11.6 Å². The fraction of sp³-hybridized carbons (Fsp3) is 0.429. The van der Waals surface area contributed by atoms with E-state index in [1.54, 1.807) is 6.07 Å². The first-order chi connectivity index (χ1) is 9.04. The van der Waals surface area contributed by atoms with Crippen LogP contribution in [0.5, 0.6) is 0 Å². The summed E-state index contributed by atoms with van der Waals surface area (Å²) in [5, 5.41) is 14.9. The third-order valence-corrected chi connectivity index (χ3v) is 3.21. The Kier molecular flexibility index (Phi) is 3.84. The molecule has 1 aromatic carbocycles. The molecule has 100 valence electrons. The van der Waals surface area contributed by atoms with E-state index in [0.717, 1.165) is 18.7 Å². The topological polar surface area (TPSA) is 74.2 Å². The van der Waals surface area contributed by atoms with Crippen LogP contribution < -0.4 is 10.6 Å². The summed E-state index contributed by atoms with van der Waals surface area (Å²) in [5.41, 5.74) is 1.62. The molecule has 1 aliphatic heterocycles. The Bertz CT molecular complexity index is 530. The molecule has 1 aliphatic rings. The summed E-state index contributed by atoms with van der Waals surface area (Å²) in [6.07, 6.45) is 0. The average Bonchev–Trinajstić information content (AvgIpc) is 2.34. The summed E-state index contributed by atoms with van der Waals surface area (Å²) in [6, 6.07) is 7.47. The van der Waals surface area contributed by atoms with Crippen molar-refractivity contribution in [1.82, 2.24) is 5.32 Å². The number of amides is 1. The monoisotopic (exact) mass is 259 g/mol. The van der Waals surface area contributed by atoms with Crippen LogP contribution in [0.4, 0.5) is 5.69 Å². The van der Waals surface area contributed by atoms with Crippen LogP contribution in [0.15, 0.2) is 18.2 Å². The molecule has 0 aromatic heterocycles. The van der Waals surface area contributed by atoms with Crippen LogP contribution in [0.3, 0.4) is 0 Å². The molecule has 1 amide bonds. The van der Waals surface area contributed by atoms with Gasteiger partial charge in [0.2, 0.25) is 5.91 Å². The van der Waals surface area contributed by atoms with Crippen molar-refractivity contribution in [2.24, 2.45) is 0 Å². The van der Waals surface area contributed by atoms with Gasteiger partial charge in [-0.1, -0.05) is 12.1 Å². The summed E-state index contributed by atoms with van der Waals surface area (Å²) < 4.78 is 5.55. The number of benzene rings is 1. The van der Waals surface area contributed by atoms with Crippen LogP contribution in [-0.4, -0.2) is 31.2 Å². The van der Waals surface area contributed by atoms with Crippen molar-refractivity contribution < 1.29 is 9.53 Å². The Labute approximate surface area is 112 Å². The molecule has 0 aliphatic carbocycles. The molecule has 0 unspecified atom stereocenters. The number of aryl methyl sites for hydroxylation is 1.